The van der Waals surface area contributed by atoms with Gasteiger partial charge < -0.3 is 0 Å². The second kappa shape index (κ2) is 8.11. The van der Waals surface area contributed by atoms with Gasteiger partial charge in [0.1, 0.15) is 6.04 Å². The van der Waals surface area contributed by atoms with Crippen molar-refractivity contribution >= 4 is 26.0 Å². The molecule has 0 fully saturated rings. The molecule has 3 aromatic carbocycles. The third kappa shape index (κ3) is 4.48. The van der Waals surface area contributed by atoms with Crippen molar-refractivity contribution < 1.29 is 17.2 Å². The smallest absolute Gasteiger partial charge is 0.207 e. The number of benzene rings is 3. The van der Waals surface area contributed by atoms with E-state index in [1.54, 1.807) is 30.3 Å². The first kappa shape index (κ1) is 20.6. The van der Waals surface area contributed by atoms with Gasteiger partial charge in [-0.2, -0.15) is 13.5 Å². The summed E-state index contributed by atoms with van der Waals surface area (Å²) < 4.78 is 59.3. The molecular weight excluding hydrogens is 448 g/mol. The Bertz CT molecular complexity index is 1040. The maximum atomic E-state index is 15.4. The summed E-state index contributed by atoms with van der Waals surface area (Å²) >= 11 is 3.22. The van der Waals surface area contributed by atoms with E-state index in [9.17, 15) is 8.42 Å². The highest BCUT2D eigenvalue weighted by molar-refractivity contribution is 9.10. The maximum absolute atomic E-state index is 15.4. The highest BCUT2D eigenvalue weighted by Crippen LogP contribution is 2.41. The minimum atomic E-state index is -4.16. The van der Waals surface area contributed by atoms with Crippen molar-refractivity contribution in [3.63, 3.8) is 0 Å². The first-order chi connectivity index (χ1) is 13.2. The molecule has 0 bridgehead atoms. The summed E-state index contributed by atoms with van der Waals surface area (Å²) in [6, 6.07) is 17.7. The van der Waals surface area contributed by atoms with E-state index in [1.807, 2.05) is 6.92 Å². The number of alkyl halides is 2. The van der Waals surface area contributed by atoms with Gasteiger partial charge in [0.15, 0.2) is 0 Å². The second-order valence-corrected chi connectivity index (χ2v) is 9.04. The molecule has 3 rings (SSSR count). The van der Waals surface area contributed by atoms with Crippen LogP contribution in [0.3, 0.4) is 0 Å². The van der Waals surface area contributed by atoms with Gasteiger partial charge in [0.05, 0.1) is 4.90 Å². The van der Waals surface area contributed by atoms with E-state index < -0.39 is 22.0 Å². The molecular formula is C21H18BrF2NO2S. The SMILES string of the molecule is Cc1ccc(S(=O)(=O)NC(c2ccccc2)C(F)(F)c2ccc(Br)cc2)cc1. The average Bonchev–Trinajstić information content (AvgIpc) is 2.67. The van der Waals surface area contributed by atoms with E-state index in [4.69, 9.17) is 0 Å². The fourth-order valence-corrected chi connectivity index (χ4v) is 4.27. The molecule has 1 unspecified atom stereocenters. The van der Waals surface area contributed by atoms with E-state index in [1.165, 1.54) is 48.5 Å². The number of hydrogen-bond donors (Lipinski definition) is 1. The van der Waals surface area contributed by atoms with E-state index in [2.05, 4.69) is 20.7 Å². The van der Waals surface area contributed by atoms with Crippen molar-refractivity contribution in [3.8, 4) is 0 Å². The molecule has 0 aromatic heterocycles. The van der Waals surface area contributed by atoms with Gasteiger partial charge in [-0.3, -0.25) is 0 Å². The summed E-state index contributed by atoms with van der Waals surface area (Å²) in [6.07, 6.45) is 0. The fraction of sp³-hybridized carbons (Fsp3) is 0.143. The van der Waals surface area contributed by atoms with Crippen LogP contribution < -0.4 is 4.72 Å². The molecule has 0 heterocycles. The Morgan fingerprint density at radius 2 is 1.46 bits per heavy atom. The minimum absolute atomic E-state index is 0.0642. The molecule has 1 atom stereocenters. The van der Waals surface area contributed by atoms with Gasteiger partial charge in [-0.15, -0.1) is 0 Å². The lowest BCUT2D eigenvalue weighted by molar-refractivity contribution is -0.0380. The maximum Gasteiger partial charge on any atom is 0.293 e. The Morgan fingerprint density at radius 1 is 0.893 bits per heavy atom. The molecule has 28 heavy (non-hydrogen) atoms. The Balaban J connectivity index is 2.05. The standard InChI is InChI=1S/C21H18BrF2NO2S/c1-15-7-13-19(14-8-15)28(26,27)25-20(16-5-3-2-4-6-16)21(23,24)17-9-11-18(22)12-10-17/h2-14,20,25H,1H3. The van der Waals surface area contributed by atoms with Crippen molar-refractivity contribution in [1.82, 2.24) is 4.72 Å². The Kier molecular flexibility index (Phi) is 5.98. The van der Waals surface area contributed by atoms with Crippen molar-refractivity contribution in [1.29, 1.82) is 0 Å². The molecule has 0 amide bonds. The number of halogens is 3. The zero-order valence-corrected chi connectivity index (χ0v) is 17.3. The highest BCUT2D eigenvalue weighted by Gasteiger charge is 2.44. The molecule has 0 spiro atoms. The molecule has 0 aliphatic heterocycles. The summed E-state index contributed by atoms with van der Waals surface area (Å²) in [5.41, 5.74) is 0.765. The van der Waals surface area contributed by atoms with Crippen LogP contribution in [0.1, 0.15) is 22.7 Å². The Labute approximate surface area is 171 Å². The summed E-state index contributed by atoms with van der Waals surface area (Å²) in [5.74, 6) is -3.47. The Morgan fingerprint density at radius 3 is 2.04 bits per heavy atom. The summed E-state index contributed by atoms with van der Waals surface area (Å²) in [4.78, 5) is -0.0642. The van der Waals surface area contributed by atoms with Gasteiger partial charge in [0.25, 0.3) is 5.92 Å². The van der Waals surface area contributed by atoms with Crippen LogP contribution in [-0.2, 0) is 15.9 Å². The lowest BCUT2D eigenvalue weighted by atomic mass is 9.95. The van der Waals surface area contributed by atoms with Crippen LogP contribution in [0.25, 0.3) is 0 Å². The molecule has 3 aromatic rings. The van der Waals surface area contributed by atoms with E-state index in [-0.39, 0.29) is 16.0 Å². The van der Waals surface area contributed by atoms with Crippen molar-refractivity contribution in [2.75, 3.05) is 0 Å². The third-order valence-electron chi connectivity index (χ3n) is 4.33. The predicted octanol–water partition coefficient (Wildman–Crippen LogP) is 5.57. The lowest BCUT2D eigenvalue weighted by Crippen LogP contribution is -2.39. The number of nitrogens with one attached hydrogen (secondary N) is 1. The van der Waals surface area contributed by atoms with Crippen molar-refractivity contribution in [2.45, 2.75) is 23.8 Å². The summed E-state index contributed by atoms with van der Waals surface area (Å²) in [6.45, 7) is 1.82. The average molecular weight is 466 g/mol. The second-order valence-electron chi connectivity index (χ2n) is 6.41. The van der Waals surface area contributed by atoms with Crippen LogP contribution in [0.15, 0.2) is 88.2 Å². The molecule has 0 saturated carbocycles. The van der Waals surface area contributed by atoms with Crippen LogP contribution in [0.2, 0.25) is 0 Å². The quantitative estimate of drug-likeness (QED) is 0.517. The number of rotatable bonds is 6. The largest absolute Gasteiger partial charge is 0.293 e. The molecule has 3 nitrogen and oxygen atoms in total. The zero-order valence-electron chi connectivity index (χ0n) is 14.9. The van der Waals surface area contributed by atoms with Gasteiger partial charge >= 0.3 is 0 Å². The van der Waals surface area contributed by atoms with Crippen LogP contribution in [0.5, 0.6) is 0 Å². The van der Waals surface area contributed by atoms with Crippen molar-refractivity contribution in [2.24, 2.45) is 0 Å². The minimum Gasteiger partial charge on any atom is -0.207 e. The highest BCUT2D eigenvalue weighted by atomic mass is 79.9. The molecule has 0 aliphatic rings. The van der Waals surface area contributed by atoms with Gasteiger partial charge in [0.2, 0.25) is 10.0 Å². The molecule has 1 N–H and O–H groups in total. The topological polar surface area (TPSA) is 46.2 Å². The van der Waals surface area contributed by atoms with E-state index >= 15 is 8.78 Å². The number of sulfonamides is 1. The van der Waals surface area contributed by atoms with Gasteiger partial charge in [-0.25, -0.2) is 8.42 Å². The Hall–Kier alpha value is -2.09. The molecule has 146 valence electrons. The monoisotopic (exact) mass is 465 g/mol. The third-order valence-corrected chi connectivity index (χ3v) is 6.30. The van der Waals surface area contributed by atoms with Crippen molar-refractivity contribution in [3.05, 3.63) is 100 Å². The molecule has 0 aliphatic carbocycles. The lowest BCUT2D eigenvalue weighted by Gasteiger charge is -2.28. The van der Waals surface area contributed by atoms with Crippen LogP contribution in [0.4, 0.5) is 8.78 Å². The normalized spacial score (nSPS) is 13.3. The molecule has 7 heteroatoms. The first-order valence-electron chi connectivity index (χ1n) is 8.48. The zero-order chi connectivity index (χ0) is 20.4. The van der Waals surface area contributed by atoms with Crippen LogP contribution >= 0.6 is 15.9 Å². The van der Waals surface area contributed by atoms with Gasteiger partial charge in [0, 0.05) is 10.0 Å². The van der Waals surface area contributed by atoms with Crippen LogP contribution in [-0.4, -0.2) is 8.42 Å². The fourth-order valence-electron chi connectivity index (χ4n) is 2.78. The van der Waals surface area contributed by atoms with Gasteiger partial charge in [-0.1, -0.05) is 76.1 Å². The number of hydrogen-bond acceptors (Lipinski definition) is 2. The van der Waals surface area contributed by atoms with Gasteiger partial charge in [-0.05, 0) is 36.8 Å². The summed E-state index contributed by atoms with van der Waals surface area (Å²) in [7, 11) is -4.16. The predicted molar refractivity (Wildman–Crippen MR) is 109 cm³/mol. The molecule has 0 radical (unpaired) electrons. The van der Waals surface area contributed by atoms with E-state index in [0.717, 1.165) is 5.56 Å². The first-order valence-corrected chi connectivity index (χ1v) is 10.8. The molecule has 0 saturated heterocycles. The van der Waals surface area contributed by atoms with E-state index in [0.29, 0.717) is 4.47 Å². The summed E-state index contributed by atoms with van der Waals surface area (Å²) in [5, 5.41) is 0. The number of aryl methyl sites for hydroxylation is 1. The van der Waals surface area contributed by atoms with Crippen LogP contribution in [0, 0.1) is 6.92 Å².